The molecule has 0 saturated carbocycles. The van der Waals surface area contributed by atoms with Crippen LogP contribution in [0.5, 0.6) is 0 Å². The Hall–Kier alpha value is -1.93. The Labute approximate surface area is 133 Å². The fourth-order valence-corrected chi connectivity index (χ4v) is 3.15. The first-order valence-corrected chi connectivity index (χ1v) is 8.70. The van der Waals surface area contributed by atoms with Crippen LogP contribution in [0.3, 0.4) is 0 Å². The largest absolute Gasteiger partial charge is 0.370 e. The number of benzene rings is 1. The third-order valence-electron chi connectivity index (χ3n) is 2.95. The van der Waals surface area contributed by atoms with Crippen molar-refractivity contribution < 1.29 is 13.2 Å². The van der Waals surface area contributed by atoms with Gasteiger partial charge in [-0.2, -0.15) is 0 Å². The smallest absolute Gasteiger partial charge is 0.218 e. The van der Waals surface area contributed by atoms with E-state index in [1.807, 2.05) is 6.07 Å². The summed E-state index contributed by atoms with van der Waals surface area (Å²) < 4.78 is 24.9. The van der Waals surface area contributed by atoms with Gasteiger partial charge in [0.05, 0.1) is 24.2 Å². The van der Waals surface area contributed by atoms with E-state index in [1.165, 1.54) is 4.68 Å². The summed E-state index contributed by atoms with van der Waals surface area (Å²) >= 11 is 5.91. The fraction of sp³-hybridized carbons (Fsp3) is 0.308. The first kappa shape index (κ1) is 16.4. The minimum absolute atomic E-state index is 0.126. The number of carbonyl (C=O) groups excluding carboxylic acids is 1. The van der Waals surface area contributed by atoms with Gasteiger partial charge >= 0.3 is 0 Å². The molecule has 1 aromatic carbocycles. The Morgan fingerprint density at radius 3 is 2.77 bits per heavy atom. The Kier molecular flexibility index (Phi) is 5.15. The molecule has 0 bridgehead atoms. The second-order valence-corrected chi connectivity index (χ2v) is 7.49. The van der Waals surface area contributed by atoms with Crippen molar-refractivity contribution in [2.75, 3.05) is 11.5 Å². The van der Waals surface area contributed by atoms with Crippen LogP contribution in [0.15, 0.2) is 30.5 Å². The van der Waals surface area contributed by atoms with Gasteiger partial charge in [0.1, 0.15) is 5.69 Å². The number of rotatable bonds is 7. The Morgan fingerprint density at radius 1 is 1.32 bits per heavy atom. The molecule has 0 unspecified atom stereocenters. The zero-order valence-corrected chi connectivity index (χ0v) is 13.2. The standard InChI is InChI=1S/C13H15ClN4O3S/c14-11-3-1-2-10(8-11)12-9-18(17-16-12)5-7-22(20,21)6-4-13(15)19/h1-3,8-9H,4-7H2,(H2,15,19). The van der Waals surface area contributed by atoms with Gasteiger partial charge in [0.15, 0.2) is 9.84 Å². The van der Waals surface area contributed by atoms with Crippen LogP contribution in [-0.2, 0) is 21.2 Å². The van der Waals surface area contributed by atoms with Crippen LogP contribution < -0.4 is 5.73 Å². The molecular formula is C13H15ClN4O3S. The number of sulfone groups is 1. The Morgan fingerprint density at radius 2 is 2.09 bits per heavy atom. The molecule has 2 N–H and O–H groups in total. The van der Waals surface area contributed by atoms with Crippen molar-refractivity contribution in [3.05, 3.63) is 35.5 Å². The van der Waals surface area contributed by atoms with Gasteiger partial charge < -0.3 is 5.73 Å². The van der Waals surface area contributed by atoms with Crippen LogP contribution >= 0.6 is 11.6 Å². The van der Waals surface area contributed by atoms with Crippen LogP contribution in [0, 0.1) is 0 Å². The van der Waals surface area contributed by atoms with Crippen molar-refractivity contribution in [2.24, 2.45) is 5.73 Å². The average Bonchev–Trinajstić information content (AvgIpc) is 2.92. The van der Waals surface area contributed by atoms with E-state index in [1.54, 1.807) is 24.4 Å². The first-order valence-electron chi connectivity index (χ1n) is 6.50. The number of primary amides is 1. The maximum Gasteiger partial charge on any atom is 0.218 e. The summed E-state index contributed by atoms with van der Waals surface area (Å²) in [5, 5.41) is 8.46. The molecule has 0 radical (unpaired) electrons. The van der Waals surface area contributed by atoms with Crippen molar-refractivity contribution in [1.29, 1.82) is 0 Å². The third kappa shape index (κ3) is 4.81. The zero-order valence-electron chi connectivity index (χ0n) is 11.6. The van der Waals surface area contributed by atoms with E-state index in [-0.39, 0.29) is 24.5 Å². The lowest BCUT2D eigenvalue weighted by Gasteiger charge is -2.02. The van der Waals surface area contributed by atoms with E-state index in [2.05, 4.69) is 10.3 Å². The van der Waals surface area contributed by atoms with Crippen LogP contribution in [0.1, 0.15) is 6.42 Å². The van der Waals surface area contributed by atoms with Gasteiger partial charge in [0, 0.05) is 17.0 Å². The quantitative estimate of drug-likeness (QED) is 0.803. The number of halogens is 1. The molecule has 1 amide bonds. The van der Waals surface area contributed by atoms with Crippen LogP contribution in [0.2, 0.25) is 5.02 Å². The number of nitrogens with zero attached hydrogens (tertiary/aromatic N) is 3. The molecule has 0 saturated heterocycles. The molecule has 2 rings (SSSR count). The lowest BCUT2D eigenvalue weighted by atomic mass is 10.2. The molecule has 2 aromatic rings. The van der Waals surface area contributed by atoms with Crippen molar-refractivity contribution in [3.63, 3.8) is 0 Å². The molecule has 0 aliphatic heterocycles. The zero-order chi connectivity index (χ0) is 16.2. The van der Waals surface area contributed by atoms with E-state index < -0.39 is 15.7 Å². The van der Waals surface area contributed by atoms with Gasteiger partial charge in [0.2, 0.25) is 5.91 Å². The van der Waals surface area contributed by atoms with E-state index in [0.717, 1.165) is 5.56 Å². The number of hydrogen-bond donors (Lipinski definition) is 1. The van der Waals surface area contributed by atoms with Gasteiger partial charge in [-0.3, -0.25) is 9.48 Å². The number of hydrogen-bond acceptors (Lipinski definition) is 5. The predicted molar refractivity (Wildman–Crippen MR) is 82.9 cm³/mol. The second kappa shape index (κ2) is 6.89. The molecule has 118 valence electrons. The molecule has 0 aliphatic rings. The normalized spacial score (nSPS) is 11.5. The maximum atomic E-state index is 11.7. The van der Waals surface area contributed by atoms with Gasteiger partial charge in [-0.05, 0) is 12.1 Å². The van der Waals surface area contributed by atoms with Gasteiger partial charge in [-0.1, -0.05) is 28.9 Å². The van der Waals surface area contributed by atoms with Gasteiger partial charge in [0.25, 0.3) is 0 Å². The number of aromatic nitrogens is 3. The average molecular weight is 343 g/mol. The lowest BCUT2D eigenvalue weighted by Crippen LogP contribution is -2.21. The monoisotopic (exact) mass is 342 g/mol. The molecule has 7 nitrogen and oxygen atoms in total. The highest BCUT2D eigenvalue weighted by Crippen LogP contribution is 2.20. The number of nitrogens with two attached hydrogens (primary N) is 1. The van der Waals surface area contributed by atoms with Crippen LogP contribution in [0.25, 0.3) is 11.3 Å². The summed E-state index contributed by atoms with van der Waals surface area (Å²) in [5.74, 6) is -1.01. The molecule has 1 aromatic heterocycles. The minimum atomic E-state index is -3.35. The second-order valence-electron chi connectivity index (χ2n) is 4.75. The van der Waals surface area contributed by atoms with Crippen molar-refractivity contribution in [3.8, 4) is 11.3 Å². The van der Waals surface area contributed by atoms with Crippen molar-refractivity contribution in [2.45, 2.75) is 13.0 Å². The fourth-order valence-electron chi connectivity index (χ4n) is 1.78. The third-order valence-corrected chi connectivity index (χ3v) is 4.82. The Bertz CT molecular complexity index is 773. The highest BCUT2D eigenvalue weighted by molar-refractivity contribution is 7.91. The summed E-state index contributed by atoms with van der Waals surface area (Å²) in [6.45, 7) is 0.161. The van der Waals surface area contributed by atoms with Gasteiger partial charge in [-0.15, -0.1) is 5.10 Å². The lowest BCUT2D eigenvalue weighted by molar-refractivity contribution is -0.117. The highest BCUT2D eigenvalue weighted by atomic mass is 35.5. The number of aryl methyl sites for hydroxylation is 1. The topological polar surface area (TPSA) is 108 Å². The molecule has 0 aliphatic carbocycles. The number of carbonyl (C=O) groups is 1. The van der Waals surface area contributed by atoms with Gasteiger partial charge in [-0.25, -0.2) is 8.42 Å². The van der Waals surface area contributed by atoms with E-state index in [4.69, 9.17) is 17.3 Å². The minimum Gasteiger partial charge on any atom is -0.370 e. The van der Waals surface area contributed by atoms with E-state index >= 15 is 0 Å². The SMILES string of the molecule is NC(=O)CCS(=O)(=O)CCn1cc(-c2cccc(Cl)c2)nn1. The summed E-state index contributed by atoms with van der Waals surface area (Å²) in [4.78, 5) is 10.6. The highest BCUT2D eigenvalue weighted by Gasteiger charge is 2.13. The van der Waals surface area contributed by atoms with Crippen LogP contribution in [0.4, 0.5) is 0 Å². The molecule has 0 spiro atoms. The molecule has 1 heterocycles. The van der Waals surface area contributed by atoms with Crippen LogP contribution in [-0.4, -0.2) is 40.8 Å². The van der Waals surface area contributed by atoms with E-state index in [9.17, 15) is 13.2 Å². The molecule has 9 heteroatoms. The molecular weight excluding hydrogens is 328 g/mol. The Balaban J connectivity index is 1.99. The molecule has 0 fully saturated rings. The van der Waals surface area contributed by atoms with E-state index in [0.29, 0.717) is 10.7 Å². The summed E-state index contributed by atoms with van der Waals surface area (Å²) in [6.07, 6.45) is 1.47. The first-order chi connectivity index (χ1) is 10.4. The summed E-state index contributed by atoms with van der Waals surface area (Å²) in [6, 6.07) is 7.13. The molecule has 0 atom stereocenters. The summed E-state index contributed by atoms with van der Waals surface area (Å²) in [5.41, 5.74) is 6.35. The number of amides is 1. The van der Waals surface area contributed by atoms with Crippen molar-refractivity contribution >= 4 is 27.3 Å². The maximum absolute atomic E-state index is 11.7. The predicted octanol–water partition coefficient (Wildman–Crippen LogP) is 0.889. The molecule has 22 heavy (non-hydrogen) atoms. The summed E-state index contributed by atoms with van der Waals surface area (Å²) in [7, 11) is -3.35. The van der Waals surface area contributed by atoms with Crippen molar-refractivity contribution in [1.82, 2.24) is 15.0 Å².